The lowest BCUT2D eigenvalue weighted by Gasteiger charge is -2.26. The van der Waals surface area contributed by atoms with Crippen LogP contribution < -0.4 is 4.74 Å². The largest absolute Gasteiger partial charge is 0.503 e. The van der Waals surface area contributed by atoms with Crippen LogP contribution in [0, 0.1) is 0 Å². The van der Waals surface area contributed by atoms with Crippen molar-refractivity contribution in [1.29, 1.82) is 0 Å². The summed E-state index contributed by atoms with van der Waals surface area (Å²) in [6, 6.07) is 15.8. The van der Waals surface area contributed by atoms with Gasteiger partial charge in [0, 0.05) is 20.3 Å². The van der Waals surface area contributed by atoms with Crippen LogP contribution in [-0.4, -0.2) is 49.1 Å². The van der Waals surface area contributed by atoms with Gasteiger partial charge in [0.15, 0.2) is 11.5 Å². The number of hydrogen-bond donors (Lipinski definition) is 1. The number of amides is 1. The summed E-state index contributed by atoms with van der Waals surface area (Å²) in [7, 11) is 3.16. The van der Waals surface area contributed by atoms with Crippen LogP contribution in [0.15, 0.2) is 72.0 Å². The van der Waals surface area contributed by atoms with Crippen LogP contribution in [0.1, 0.15) is 23.6 Å². The van der Waals surface area contributed by atoms with Crippen molar-refractivity contribution in [3.63, 3.8) is 0 Å². The number of benzene rings is 2. The van der Waals surface area contributed by atoms with E-state index in [0.29, 0.717) is 25.3 Å². The average Bonchev–Trinajstić information content (AvgIpc) is 3.03. The summed E-state index contributed by atoms with van der Waals surface area (Å²) in [5, 5.41) is 10.6. The normalized spacial score (nSPS) is 16.5. The van der Waals surface area contributed by atoms with Gasteiger partial charge in [0.2, 0.25) is 0 Å². The summed E-state index contributed by atoms with van der Waals surface area (Å²) in [6.45, 7) is 0.823. The highest BCUT2D eigenvalue weighted by Crippen LogP contribution is 2.38. The zero-order chi connectivity index (χ0) is 21.5. The van der Waals surface area contributed by atoms with E-state index in [1.807, 2.05) is 30.3 Å². The minimum Gasteiger partial charge on any atom is -0.503 e. The molecule has 0 radical (unpaired) electrons. The minimum atomic E-state index is -0.673. The van der Waals surface area contributed by atoms with E-state index < -0.39 is 23.5 Å². The molecule has 1 N–H and O–H groups in total. The van der Waals surface area contributed by atoms with E-state index in [2.05, 4.69) is 0 Å². The smallest absolute Gasteiger partial charge is 0.290 e. The molecular formula is C24H25NO5. The highest BCUT2D eigenvalue weighted by Gasteiger charge is 2.42. The number of aliphatic hydroxyl groups is 1. The Morgan fingerprint density at radius 3 is 2.43 bits per heavy atom. The first-order valence-electron chi connectivity index (χ1n) is 9.71. The molecule has 1 aliphatic rings. The first kappa shape index (κ1) is 21.3. The molecule has 1 unspecified atom stereocenters. The third kappa shape index (κ3) is 4.60. The van der Waals surface area contributed by atoms with Gasteiger partial charge in [0.25, 0.3) is 5.91 Å². The van der Waals surface area contributed by atoms with Crippen LogP contribution in [0.5, 0.6) is 5.75 Å². The number of rotatable bonds is 9. The molecule has 2 aromatic carbocycles. The topological polar surface area (TPSA) is 76.1 Å². The number of aliphatic hydroxyl groups excluding tert-OH is 1. The van der Waals surface area contributed by atoms with Crippen molar-refractivity contribution in [3.8, 4) is 5.75 Å². The standard InChI is InChI=1S/C24H25NO5/c1-29-16-6-15-25-22(18-10-12-19(30-2)13-11-18)21(23(27)24(25)28)20(26)14-9-17-7-4-3-5-8-17/h3-5,7-14,22,27H,6,15-16H2,1-2H3. The zero-order valence-corrected chi connectivity index (χ0v) is 17.1. The van der Waals surface area contributed by atoms with Crippen molar-refractivity contribution in [3.05, 3.63) is 83.1 Å². The maximum absolute atomic E-state index is 13.0. The molecule has 0 aromatic heterocycles. The quantitative estimate of drug-likeness (QED) is 0.507. The lowest BCUT2D eigenvalue weighted by atomic mass is 9.95. The Balaban J connectivity index is 1.95. The van der Waals surface area contributed by atoms with Gasteiger partial charge in [-0.15, -0.1) is 0 Å². The maximum atomic E-state index is 13.0. The number of hydrogen-bond acceptors (Lipinski definition) is 5. The van der Waals surface area contributed by atoms with Crippen molar-refractivity contribution < 1.29 is 24.2 Å². The van der Waals surface area contributed by atoms with Crippen LogP contribution in [0.2, 0.25) is 0 Å². The number of allylic oxidation sites excluding steroid dienone is 1. The van der Waals surface area contributed by atoms with Crippen molar-refractivity contribution >= 4 is 17.8 Å². The Hall–Kier alpha value is -3.38. The van der Waals surface area contributed by atoms with Crippen molar-refractivity contribution in [2.75, 3.05) is 27.4 Å². The summed E-state index contributed by atoms with van der Waals surface area (Å²) < 4.78 is 10.3. The molecule has 1 heterocycles. The van der Waals surface area contributed by atoms with Crippen LogP contribution >= 0.6 is 0 Å². The monoisotopic (exact) mass is 407 g/mol. The van der Waals surface area contributed by atoms with Gasteiger partial charge in [0.05, 0.1) is 18.7 Å². The Labute approximate surface area is 176 Å². The summed E-state index contributed by atoms with van der Waals surface area (Å²) in [6.07, 6.45) is 3.65. The molecule has 30 heavy (non-hydrogen) atoms. The third-order valence-corrected chi connectivity index (χ3v) is 4.97. The Morgan fingerprint density at radius 1 is 1.10 bits per heavy atom. The van der Waals surface area contributed by atoms with Gasteiger partial charge in [-0.05, 0) is 35.8 Å². The SMILES string of the molecule is COCCCN1C(=O)C(O)=C(C(=O)C=Cc2ccccc2)C1c1ccc(OC)cc1. The number of carbonyl (C=O) groups excluding carboxylic acids is 2. The predicted molar refractivity (Wildman–Crippen MR) is 114 cm³/mol. The van der Waals surface area contributed by atoms with E-state index in [9.17, 15) is 14.7 Å². The van der Waals surface area contributed by atoms with E-state index in [1.54, 1.807) is 44.6 Å². The molecule has 0 bridgehead atoms. The molecule has 6 heteroatoms. The Bertz CT molecular complexity index is 947. The fraction of sp³-hybridized carbons (Fsp3) is 0.250. The fourth-order valence-corrected chi connectivity index (χ4v) is 3.47. The first-order valence-corrected chi connectivity index (χ1v) is 9.71. The third-order valence-electron chi connectivity index (χ3n) is 4.97. The van der Waals surface area contributed by atoms with Gasteiger partial charge in [-0.1, -0.05) is 48.5 Å². The van der Waals surface area contributed by atoms with E-state index >= 15 is 0 Å². The summed E-state index contributed by atoms with van der Waals surface area (Å²) in [4.78, 5) is 27.3. The second-order valence-corrected chi connectivity index (χ2v) is 6.89. The number of ether oxygens (including phenoxy) is 2. The molecule has 3 rings (SSSR count). The number of ketones is 1. The highest BCUT2D eigenvalue weighted by molar-refractivity contribution is 6.14. The molecule has 1 aliphatic heterocycles. The van der Waals surface area contributed by atoms with Crippen molar-refractivity contribution in [2.45, 2.75) is 12.5 Å². The van der Waals surface area contributed by atoms with Crippen LogP contribution in [0.3, 0.4) is 0 Å². The highest BCUT2D eigenvalue weighted by atomic mass is 16.5. The Morgan fingerprint density at radius 2 is 1.80 bits per heavy atom. The van der Waals surface area contributed by atoms with Gasteiger partial charge < -0.3 is 19.5 Å². The van der Waals surface area contributed by atoms with Gasteiger partial charge in [0.1, 0.15) is 5.75 Å². The molecule has 156 valence electrons. The summed E-state index contributed by atoms with van der Waals surface area (Å²) in [5.41, 5.74) is 1.66. The van der Waals surface area contributed by atoms with E-state index in [0.717, 1.165) is 11.1 Å². The van der Waals surface area contributed by atoms with Gasteiger partial charge in [-0.3, -0.25) is 9.59 Å². The van der Waals surface area contributed by atoms with Gasteiger partial charge >= 0.3 is 0 Å². The lowest BCUT2D eigenvalue weighted by molar-refractivity contribution is -0.129. The second kappa shape index (κ2) is 9.89. The molecular weight excluding hydrogens is 382 g/mol. The molecule has 1 atom stereocenters. The van der Waals surface area contributed by atoms with E-state index in [-0.39, 0.29) is 5.57 Å². The summed E-state index contributed by atoms with van der Waals surface area (Å²) in [5.74, 6) is -0.793. The fourth-order valence-electron chi connectivity index (χ4n) is 3.47. The Kier molecular flexibility index (Phi) is 7.03. The van der Waals surface area contributed by atoms with E-state index in [1.165, 1.54) is 11.0 Å². The molecule has 2 aromatic rings. The number of methoxy groups -OCH3 is 2. The van der Waals surface area contributed by atoms with Crippen LogP contribution in [0.25, 0.3) is 6.08 Å². The van der Waals surface area contributed by atoms with Gasteiger partial charge in [-0.25, -0.2) is 0 Å². The first-order chi connectivity index (χ1) is 14.6. The lowest BCUT2D eigenvalue weighted by Crippen LogP contribution is -2.32. The number of carbonyl (C=O) groups is 2. The van der Waals surface area contributed by atoms with E-state index in [4.69, 9.17) is 9.47 Å². The average molecular weight is 407 g/mol. The van der Waals surface area contributed by atoms with Crippen molar-refractivity contribution in [1.82, 2.24) is 4.90 Å². The molecule has 0 aliphatic carbocycles. The maximum Gasteiger partial charge on any atom is 0.290 e. The zero-order valence-electron chi connectivity index (χ0n) is 17.1. The minimum absolute atomic E-state index is 0.0785. The predicted octanol–water partition coefficient (Wildman–Crippen LogP) is 3.71. The second-order valence-electron chi connectivity index (χ2n) is 6.89. The molecule has 6 nitrogen and oxygen atoms in total. The molecule has 0 spiro atoms. The number of nitrogens with zero attached hydrogens (tertiary/aromatic N) is 1. The van der Waals surface area contributed by atoms with Crippen molar-refractivity contribution in [2.24, 2.45) is 0 Å². The molecule has 0 fully saturated rings. The van der Waals surface area contributed by atoms with Crippen LogP contribution in [0.4, 0.5) is 0 Å². The van der Waals surface area contributed by atoms with Gasteiger partial charge in [-0.2, -0.15) is 0 Å². The van der Waals surface area contributed by atoms with Crippen LogP contribution in [-0.2, 0) is 14.3 Å². The molecule has 0 saturated carbocycles. The molecule has 0 saturated heterocycles. The summed E-state index contributed by atoms with van der Waals surface area (Å²) >= 11 is 0. The molecule has 1 amide bonds.